The quantitative estimate of drug-likeness (QED) is 0.535. The summed E-state index contributed by atoms with van der Waals surface area (Å²) in [7, 11) is 0. The van der Waals surface area contributed by atoms with Gasteiger partial charge in [0.05, 0.1) is 11.9 Å². The van der Waals surface area contributed by atoms with Gasteiger partial charge in [-0.05, 0) is 13.0 Å². The van der Waals surface area contributed by atoms with E-state index in [0.29, 0.717) is 11.3 Å². The second kappa shape index (κ2) is 7.30. The first-order valence-corrected chi connectivity index (χ1v) is 8.69. The summed E-state index contributed by atoms with van der Waals surface area (Å²) in [5.74, 6) is -0.733. The highest BCUT2D eigenvalue weighted by Crippen LogP contribution is 2.23. The van der Waals surface area contributed by atoms with E-state index >= 15 is 0 Å². The summed E-state index contributed by atoms with van der Waals surface area (Å²) in [5, 5.41) is 31.3. The first kappa shape index (κ1) is 18.5. The molecule has 4 aromatic rings. The zero-order chi connectivity index (χ0) is 21.3. The molecule has 0 saturated carbocycles. The normalized spacial score (nSPS) is 10.4. The fourth-order valence-corrected chi connectivity index (χ4v) is 3.10. The van der Waals surface area contributed by atoms with E-state index in [4.69, 9.17) is 5.26 Å². The minimum Gasteiger partial charge on any atom is -0.319 e. The van der Waals surface area contributed by atoms with Crippen LogP contribution in [0.15, 0.2) is 47.4 Å². The number of nitriles is 2. The summed E-state index contributed by atoms with van der Waals surface area (Å²) >= 11 is 0. The van der Waals surface area contributed by atoms with Crippen molar-refractivity contribution >= 4 is 17.2 Å². The minimum atomic E-state index is -0.733. The molecule has 10 heteroatoms. The van der Waals surface area contributed by atoms with Crippen molar-refractivity contribution in [2.45, 2.75) is 6.92 Å². The van der Waals surface area contributed by atoms with Crippen LogP contribution in [0.2, 0.25) is 0 Å². The van der Waals surface area contributed by atoms with Gasteiger partial charge in [-0.25, -0.2) is 9.50 Å². The average molecular weight is 396 g/mol. The van der Waals surface area contributed by atoms with Crippen molar-refractivity contribution in [2.75, 3.05) is 5.32 Å². The van der Waals surface area contributed by atoms with Gasteiger partial charge in [0.2, 0.25) is 11.1 Å². The van der Waals surface area contributed by atoms with Crippen molar-refractivity contribution in [1.82, 2.24) is 24.8 Å². The number of fused-ring (bicyclic) bond motifs is 1. The third kappa shape index (κ3) is 2.95. The van der Waals surface area contributed by atoms with Gasteiger partial charge in [0, 0.05) is 11.3 Å². The van der Waals surface area contributed by atoms with Gasteiger partial charge in [-0.3, -0.25) is 14.7 Å². The largest absolute Gasteiger partial charge is 0.319 e. The van der Waals surface area contributed by atoms with Crippen molar-refractivity contribution in [3.8, 4) is 23.4 Å². The predicted molar refractivity (Wildman–Crippen MR) is 105 cm³/mol. The van der Waals surface area contributed by atoms with E-state index in [1.807, 2.05) is 18.2 Å². The number of nitrogens with zero attached hydrogens (tertiary/aromatic N) is 6. The number of hydrogen-bond acceptors (Lipinski definition) is 7. The fraction of sp³-hybridized carbons (Fsp3) is 0.0500. The maximum Gasteiger partial charge on any atom is 0.261 e. The number of hydrogen-bond donors (Lipinski definition) is 2. The summed E-state index contributed by atoms with van der Waals surface area (Å²) in [5.41, 5.74) is 0.554. The molecule has 10 nitrogen and oxygen atoms in total. The van der Waals surface area contributed by atoms with E-state index in [9.17, 15) is 14.9 Å². The molecule has 0 fully saturated rings. The minimum absolute atomic E-state index is 0.0524. The van der Waals surface area contributed by atoms with Crippen LogP contribution in [0, 0.1) is 29.6 Å². The number of benzene rings is 1. The van der Waals surface area contributed by atoms with Crippen LogP contribution in [0.1, 0.15) is 27.4 Å². The molecule has 0 bridgehead atoms. The van der Waals surface area contributed by atoms with Gasteiger partial charge in [-0.15, -0.1) is 5.10 Å². The van der Waals surface area contributed by atoms with Crippen LogP contribution in [0.25, 0.3) is 16.9 Å². The average Bonchev–Trinajstić information content (AvgIpc) is 3.13. The molecule has 3 heterocycles. The van der Waals surface area contributed by atoms with Crippen LogP contribution >= 0.6 is 0 Å². The molecule has 0 aliphatic carbocycles. The number of nitrogens with one attached hydrogen (secondary N) is 2. The number of amides is 1. The van der Waals surface area contributed by atoms with Gasteiger partial charge in [-0.1, -0.05) is 30.3 Å². The van der Waals surface area contributed by atoms with Gasteiger partial charge in [0.15, 0.2) is 11.4 Å². The number of carbonyl (C=O) groups excluding carboxylic acids is 1. The van der Waals surface area contributed by atoms with Crippen molar-refractivity contribution in [3.05, 3.63) is 75.5 Å². The lowest BCUT2D eigenvalue weighted by atomic mass is 10.1. The fourth-order valence-electron chi connectivity index (χ4n) is 3.10. The van der Waals surface area contributed by atoms with E-state index in [2.05, 4.69) is 25.6 Å². The molecule has 0 radical (unpaired) electrons. The predicted octanol–water partition coefficient (Wildman–Crippen LogP) is 1.78. The van der Waals surface area contributed by atoms with Crippen LogP contribution in [-0.2, 0) is 0 Å². The molecule has 0 spiro atoms. The van der Waals surface area contributed by atoms with Crippen molar-refractivity contribution in [2.24, 2.45) is 0 Å². The maximum absolute atomic E-state index is 13.1. The molecule has 0 aliphatic heterocycles. The lowest BCUT2D eigenvalue weighted by molar-refractivity contribution is 0.102. The van der Waals surface area contributed by atoms with E-state index < -0.39 is 11.3 Å². The molecule has 30 heavy (non-hydrogen) atoms. The summed E-state index contributed by atoms with van der Waals surface area (Å²) in [6, 6.07) is 14.2. The standard InChI is InChI=1S/C20H12N8O2/c1-11-16(20(30)25-13-7-8-23-26-14(13)9-21)18(29)19-24-15(10-22)17(28(19)27-11)12-5-3-2-4-6-12/h2-8,27H,1H3,(H,23,25,30). The van der Waals surface area contributed by atoms with Gasteiger partial charge in [0.25, 0.3) is 5.91 Å². The molecule has 0 saturated heterocycles. The number of carbonyl (C=O) groups is 1. The smallest absolute Gasteiger partial charge is 0.261 e. The van der Waals surface area contributed by atoms with Crippen molar-refractivity contribution in [1.29, 1.82) is 10.5 Å². The number of aromatic amines is 1. The van der Waals surface area contributed by atoms with Gasteiger partial charge >= 0.3 is 0 Å². The Labute approximate surface area is 169 Å². The molecule has 0 unspecified atom stereocenters. The Bertz CT molecular complexity index is 1440. The first-order chi connectivity index (χ1) is 14.5. The Morgan fingerprint density at radius 1 is 1.13 bits per heavy atom. The van der Waals surface area contributed by atoms with Gasteiger partial charge < -0.3 is 5.32 Å². The van der Waals surface area contributed by atoms with E-state index in [1.165, 1.54) is 16.8 Å². The molecule has 2 N–H and O–H groups in total. The summed E-state index contributed by atoms with van der Waals surface area (Å²) < 4.78 is 1.40. The highest BCUT2D eigenvalue weighted by molar-refractivity contribution is 6.06. The Morgan fingerprint density at radius 3 is 2.57 bits per heavy atom. The molecule has 0 atom stereocenters. The zero-order valence-corrected chi connectivity index (χ0v) is 15.5. The number of aryl methyl sites for hydroxylation is 1. The highest BCUT2D eigenvalue weighted by Gasteiger charge is 2.23. The lowest BCUT2D eigenvalue weighted by Crippen LogP contribution is -2.26. The molecule has 0 aliphatic rings. The molecule has 144 valence electrons. The number of aromatic nitrogens is 5. The second-order valence-electron chi connectivity index (χ2n) is 6.25. The Morgan fingerprint density at radius 2 is 1.87 bits per heavy atom. The van der Waals surface area contributed by atoms with Crippen LogP contribution < -0.4 is 10.7 Å². The van der Waals surface area contributed by atoms with Crippen LogP contribution in [0.5, 0.6) is 0 Å². The molecule has 3 aromatic heterocycles. The molecule has 1 amide bonds. The molecule has 1 aromatic carbocycles. The lowest BCUT2D eigenvalue weighted by Gasteiger charge is -2.09. The van der Waals surface area contributed by atoms with Crippen LogP contribution in [0.4, 0.5) is 5.69 Å². The SMILES string of the molecule is Cc1[nH]n2c(-c3ccccc3)c(C#N)nc2c(=O)c1C(=O)Nc1ccnnc1C#N. The summed E-state index contributed by atoms with van der Waals surface area (Å²) in [4.78, 5) is 30.0. The Kier molecular flexibility index (Phi) is 4.51. The van der Waals surface area contributed by atoms with Crippen molar-refractivity contribution in [3.63, 3.8) is 0 Å². The maximum atomic E-state index is 13.1. The van der Waals surface area contributed by atoms with E-state index in [0.717, 1.165) is 0 Å². The van der Waals surface area contributed by atoms with Crippen LogP contribution in [0.3, 0.4) is 0 Å². The number of imidazole rings is 1. The Balaban J connectivity index is 1.88. The van der Waals surface area contributed by atoms with E-state index in [-0.39, 0.29) is 34.0 Å². The highest BCUT2D eigenvalue weighted by atomic mass is 16.2. The summed E-state index contributed by atoms with van der Waals surface area (Å²) in [6.45, 7) is 1.56. The van der Waals surface area contributed by atoms with Gasteiger partial charge in [0.1, 0.15) is 23.4 Å². The first-order valence-electron chi connectivity index (χ1n) is 8.69. The van der Waals surface area contributed by atoms with Crippen molar-refractivity contribution < 1.29 is 4.79 Å². The molecule has 4 rings (SSSR count). The Hall–Kier alpha value is -4.83. The summed E-state index contributed by atoms with van der Waals surface area (Å²) in [6.07, 6.45) is 1.32. The topological polar surface area (TPSA) is 153 Å². The third-order valence-corrected chi connectivity index (χ3v) is 4.42. The van der Waals surface area contributed by atoms with Crippen LogP contribution in [-0.4, -0.2) is 30.7 Å². The number of rotatable bonds is 3. The molecular formula is C20H12N8O2. The van der Waals surface area contributed by atoms with Gasteiger partial charge in [-0.2, -0.15) is 15.6 Å². The number of anilines is 1. The molecular weight excluding hydrogens is 384 g/mol. The zero-order valence-electron chi connectivity index (χ0n) is 15.5. The monoisotopic (exact) mass is 396 g/mol. The second-order valence-corrected chi connectivity index (χ2v) is 6.25. The third-order valence-electron chi connectivity index (χ3n) is 4.42. The van der Waals surface area contributed by atoms with E-state index in [1.54, 1.807) is 31.2 Å². The number of H-pyrrole nitrogens is 1.